The SMILES string of the molecule is O=C(C=Cc1ccc(S(=O)(=O)Nc2ccccc2Cl)cc1)Nc1ccccc1Cl. The fraction of sp³-hybridized carbons (Fsp3) is 0. The van der Waals surface area contributed by atoms with Gasteiger partial charge in [-0.3, -0.25) is 9.52 Å². The highest BCUT2D eigenvalue weighted by molar-refractivity contribution is 7.92. The Hall–Kier alpha value is -2.80. The van der Waals surface area contributed by atoms with Gasteiger partial charge in [0.1, 0.15) is 0 Å². The molecule has 0 aliphatic heterocycles. The Morgan fingerprint density at radius 2 is 1.34 bits per heavy atom. The zero-order valence-corrected chi connectivity index (χ0v) is 17.3. The van der Waals surface area contributed by atoms with E-state index in [1.54, 1.807) is 66.7 Å². The van der Waals surface area contributed by atoms with E-state index in [1.807, 2.05) is 0 Å². The summed E-state index contributed by atoms with van der Waals surface area (Å²) in [4.78, 5) is 12.1. The van der Waals surface area contributed by atoms with Crippen molar-refractivity contribution >= 4 is 56.6 Å². The summed E-state index contributed by atoms with van der Waals surface area (Å²) in [7, 11) is -3.78. The minimum atomic E-state index is -3.78. The minimum Gasteiger partial charge on any atom is -0.321 e. The molecule has 0 atom stereocenters. The van der Waals surface area contributed by atoms with Crippen LogP contribution < -0.4 is 10.0 Å². The summed E-state index contributed by atoms with van der Waals surface area (Å²) in [6, 6.07) is 19.6. The van der Waals surface area contributed by atoms with Crippen LogP contribution in [0.15, 0.2) is 83.8 Å². The van der Waals surface area contributed by atoms with Crippen LogP contribution in [-0.2, 0) is 14.8 Å². The molecule has 3 rings (SSSR count). The molecule has 2 N–H and O–H groups in total. The van der Waals surface area contributed by atoms with Gasteiger partial charge in [-0.2, -0.15) is 0 Å². The smallest absolute Gasteiger partial charge is 0.261 e. The molecule has 0 saturated carbocycles. The van der Waals surface area contributed by atoms with Gasteiger partial charge in [0.2, 0.25) is 5.91 Å². The van der Waals surface area contributed by atoms with Gasteiger partial charge >= 0.3 is 0 Å². The summed E-state index contributed by atoms with van der Waals surface area (Å²) < 4.78 is 27.5. The first kappa shape index (κ1) is 20.9. The molecule has 0 aliphatic rings. The van der Waals surface area contributed by atoms with Crippen LogP contribution in [0.5, 0.6) is 0 Å². The van der Waals surface area contributed by atoms with Crippen molar-refractivity contribution in [1.29, 1.82) is 0 Å². The van der Waals surface area contributed by atoms with E-state index >= 15 is 0 Å². The first-order valence-electron chi connectivity index (χ1n) is 8.46. The number of para-hydroxylation sites is 2. The summed E-state index contributed by atoms with van der Waals surface area (Å²) in [5, 5.41) is 3.42. The summed E-state index contributed by atoms with van der Waals surface area (Å²) in [6.45, 7) is 0. The van der Waals surface area contributed by atoms with Crippen molar-refractivity contribution in [2.75, 3.05) is 10.0 Å². The Morgan fingerprint density at radius 1 is 0.793 bits per heavy atom. The standard InChI is InChI=1S/C21H16Cl2N2O3S/c22-17-5-1-3-7-19(17)24-21(26)14-11-15-9-12-16(13-10-15)29(27,28)25-20-8-4-2-6-18(20)23/h1-14,25H,(H,24,26). The van der Waals surface area contributed by atoms with E-state index in [-0.39, 0.29) is 10.8 Å². The monoisotopic (exact) mass is 446 g/mol. The van der Waals surface area contributed by atoms with Gasteiger partial charge in [-0.25, -0.2) is 8.42 Å². The van der Waals surface area contributed by atoms with Crippen molar-refractivity contribution in [3.63, 3.8) is 0 Å². The lowest BCUT2D eigenvalue weighted by Gasteiger charge is -2.09. The summed E-state index contributed by atoms with van der Waals surface area (Å²) >= 11 is 12.0. The molecular formula is C21H16Cl2N2O3S. The van der Waals surface area contributed by atoms with Crippen molar-refractivity contribution < 1.29 is 13.2 Å². The Labute approximate surface area is 179 Å². The maximum absolute atomic E-state index is 12.5. The molecule has 0 saturated heterocycles. The van der Waals surface area contributed by atoms with Crippen LogP contribution >= 0.6 is 23.2 Å². The number of carbonyl (C=O) groups is 1. The lowest BCUT2D eigenvalue weighted by Crippen LogP contribution is -2.13. The molecule has 3 aromatic rings. The highest BCUT2D eigenvalue weighted by Gasteiger charge is 2.15. The van der Waals surface area contributed by atoms with Crippen molar-refractivity contribution in [3.05, 3.63) is 94.5 Å². The van der Waals surface area contributed by atoms with Gasteiger partial charge in [-0.05, 0) is 48.0 Å². The van der Waals surface area contributed by atoms with Gasteiger partial charge in [0.15, 0.2) is 0 Å². The lowest BCUT2D eigenvalue weighted by atomic mass is 10.2. The quantitative estimate of drug-likeness (QED) is 0.494. The van der Waals surface area contributed by atoms with Gasteiger partial charge in [-0.1, -0.05) is 59.6 Å². The topological polar surface area (TPSA) is 75.3 Å². The van der Waals surface area contributed by atoms with E-state index in [0.29, 0.717) is 27.0 Å². The third-order valence-electron chi connectivity index (χ3n) is 3.87. The first-order valence-corrected chi connectivity index (χ1v) is 10.7. The zero-order chi connectivity index (χ0) is 20.9. The van der Waals surface area contributed by atoms with Crippen molar-refractivity contribution in [2.45, 2.75) is 4.90 Å². The van der Waals surface area contributed by atoms with E-state index in [2.05, 4.69) is 10.0 Å². The van der Waals surface area contributed by atoms with Crippen LogP contribution in [0.3, 0.4) is 0 Å². The molecule has 8 heteroatoms. The van der Waals surface area contributed by atoms with Gasteiger partial charge < -0.3 is 5.32 Å². The average Bonchev–Trinajstić information content (AvgIpc) is 2.70. The van der Waals surface area contributed by atoms with Crippen molar-refractivity contribution in [1.82, 2.24) is 0 Å². The number of anilines is 2. The molecule has 0 bridgehead atoms. The second-order valence-electron chi connectivity index (χ2n) is 5.96. The number of hydrogen-bond donors (Lipinski definition) is 2. The summed E-state index contributed by atoms with van der Waals surface area (Å²) in [5.74, 6) is -0.352. The van der Waals surface area contributed by atoms with Crippen LogP contribution in [0.4, 0.5) is 11.4 Å². The molecule has 0 unspecified atom stereocenters. The molecule has 0 aliphatic carbocycles. The number of hydrogen-bond acceptors (Lipinski definition) is 3. The Kier molecular flexibility index (Phi) is 6.59. The van der Waals surface area contributed by atoms with Gasteiger partial charge in [0.25, 0.3) is 10.0 Å². The Morgan fingerprint density at radius 3 is 1.93 bits per heavy atom. The van der Waals surface area contributed by atoms with Crippen LogP contribution in [0.2, 0.25) is 10.0 Å². The van der Waals surface area contributed by atoms with E-state index in [0.717, 1.165) is 0 Å². The number of amides is 1. The molecule has 1 amide bonds. The third-order valence-corrected chi connectivity index (χ3v) is 5.91. The maximum Gasteiger partial charge on any atom is 0.261 e. The number of carbonyl (C=O) groups excluding carboxylic acids is 1. The largest absolute Gasteiger partial charge is 0.321 e. The number of rotatable bonds is 6. The van der Waals surface area contributed by atoms with Gasteiger partial charge in [0, 0.05) is 6.08 Å². The second kappa shape index (κ2) is 9.13. The molecular weight excluding hydrogens is 431 g/mol. The fourth-order valence-corrected chi connectivity index (χ4v) is 3.92. The molecule has 148 valence electrons. The molecule has 3 aromatic carbocycles. The van der Waals surface area contributed by atoms with E-state index in [9.17, 15) is 13.2 Å². The molecule has 0 radical (unpaired) electrons. The number of halogens is 2. The number of benzene rings is 3. The summed E-state index contributed by atoms with van der Waals surface area (Å²) in [6.07, 6.45) is 2.92. The number of nitrogens with one attached hydrogen (secondary N) is 2. The van der Waals surface area contributed by atoms with Crippen LogP contribution in [0.25, 0.3) is 6.08 Å². The van der Waals surface area contributed by atoms with E-state index in [1.165, 1.54) is 18.2 Å². The molecule has 0 fully saturated rings. The summed E-state index contributed by atoms with van der Waals surface area (Å²) in [5.41, 5.74) is 1.47. The lowest BCUT2D eigenvalue weighted by molar-refractivity contribution is -0.111. The zero-order valence-electron chi connectivity index (χ0n) is 15.0. The van der Waals surface area contributed by atoms with Crippen LogP contribution in [0.1, 0.15) is 5.56 Å². The third kappa shape index (κ3) is 5.60. The van der Waals surface area contributed by atoms with Crippen LogP contribution in [-0.4, -0.2) is 14.3 Å². The predicted octanol–water partition coefficient (Wildman–Crippen LogP) is 5.45. The maximum atomic E-state index is 12.5. The molecule has 29 heavy (non-hydrogen) atoms. The highest BCUT2D eigenvalue weighted by Crippen LogP contribution is 2.24. The van der Waals surface area contributed by atoms with Crippen molar-refractivity contribution in [3.8, 4) is 0 Å². The van der Waals surface area contributed by atoms with Gasteiger partial charge in [-0.15, -0.1) is 0 Å². The molecule has 0 heterocycles. The minimum absolute atomic E-state index is 0.0788. The van der Waals surface area contributed by atoms with Crippen LogP contribution in [0, 0.1) is 0 Å². The van der Waals surface area contributed by atoms with Gasteiger partial charge in [0.05, 0.1) is 26.3 Å². The Balaban J connectivity index is 1.68. The first-order chi connectivity index (χ1) is 13.8. The second-order valence-corrected chi connectivity index (χ2v) is 8.45. The molecule has 0 spiro atoms. The predicted molar refractivity (Wildman–Crippen MR) is 118 cm³/mol. The normalized spacial score (nSPS) is 11.4. The van der Waals surface area contributed by atoms with E-state index < -0.39 is 10.0 Å². The fourth-order valence-electron chi connectivity index (χ4n) is 2.41. The molecule has 0 aromatic heterocycles. The van der Waals surface area contributed by atoms with Crippen molar-refractivity contribution in [2.24, 2.45) is 0 Å². The molecule has 5 nitrogen and oxygen atoms in total. The number of sulfonamides is 1. The average molecular weight is 447 g/mol. The Bertz CT molecular complexity index is 1160. The van der Waals surface area contributed by atoms with E-state index in [4.69, 9.17) is 23.2 Å². The highest BCUT2D eigenvalue weighted by atomic mass is 35.5.